The Morgan fingerprint density at radius 2 is 1.82 bits per heavy atom. The van der Waals surface area contributed by atoms with Gasteiger partial charge in [-0.2, -0.15) is 0 Å². The summed E-state index contributed by atoms with van der Waals surface area (Å²) in [7, 11) is 0. The number of nitrogens with zero attached hydrogens (tertiary/aromatic N) is 4. The van der Waals surface area contributed by atoms with Crippen LogP contribution in [0.5, 0.6) is 0 Å². The molecule has 142 valence electrons. The van der Waals surface area contributed by atoms with E-state index in [0.29, 0.717) is 6.54 Å². The summed E-state index contributed by atoms with van der Waals surface area (Å²) in [5.74, 6) is 1.57. The van der Waals surface area contributed by atoms with Crippen LogP contribution in [0.1, 0.15) is 11.4 Å². The van der Waals surface area contributed by atoms with Crippen molar-refractivity contribution < 1.29 is 0 Å². The van der Waals surface area contributed by atoms with E-state index in [-0.39, 0.29) is 4.87 Å². The fraction of sp³-hybridized carbons (Fsp3) is 0.190. The molecule has 0 unspecified atom stereocenters. The maximum absolute atomic E-state index is 12.5. The van der Waals surface area contributed by atoms with Crippen LogP contribution in [-0.4, -0.2) is 25.1 Å². The Balaban J connectivity index is 1.65. The van der Waals surface area contributed by atoms with Gasteiger partial charge in [0.2, 0.25) is 0 Å². The molecule has 0 aliphatic carbocycles. The highest BCUT2D eigenvalue weighted by Crippen LogP contribution is 2.21. The van der Waals surface area contributed by atoms with Crippen LogP contribution in [0.2, 0.25) is 0 Å². The van der Waals surface area contributed by atoms with Gasteiger partial charge < -0.3 is 4.57 Å². The number of hydrogen-bond donors (Lipinski definition) is 0. The Morgan fingerprint density at radius 1 is 1.04 bits per heavy atom. The largest absolute Gasteiger partial charge is 0.308 e. The van der Waals surface area contributed by atoms with Gasteiger partial charge >= 0.3 is 4.87 Å². The molecule has 7 heteroatoms. The molecular formula is C21H20N4OS2. The van der Waals surface area contributed by atoms with Gasteiger partial charge in [-0.1, -0.05) is 71.6 Å². The number of fused-ring (bicyclic) bond motifs is 1. The van der Waals surface area contributed by atoms with Crippen LogP contribution in [0.3, 0.4) is 0 Å². The Labute approximate surface area is 171 Å². The summed E-state index contributed by atoms with van der Waals surface area (Å²) >= 11 is 2.88. The van der Waals surface area contributed by atoms with E-state index in [4.69, 9.17) is 0 Å². The number of aromatic nitrogens is 4. The predicted octanol–water partition coefficient (Wildman–Crippen LogP) is 4.22. The number of thioether (sulfide) groups is 1. The van der Waals surface area contributed by atoms with E-state index in [0.717, 1.165) is 39.9 Å². The molecule has 5 nitrogen and oxygen atoms in total. The van der Waals surface area contributed by atoms with E-state index in [9.17, 15) is 4.79 Å². The summed E-state index contributed by atoms with van der Waals surface area (Å²) in [4.78, 5) is 12.5. The molecule has 0 aliphatic heterocycles. The fourth-order valence-corrected chi connectivity index (χ4v) is 4.70. The molecular weight excluding hydrogens is 388 g/mol. The van der Waals surface area contributed by atoms with Gasteiger partial charge in [0.15, 0.2) is 11.0 Å². The number of para-hydroxylation sites is 1. The molecule has 4 aromatic rings. The minimum absolute atomic E-state index is 0.0269. The Bertz CT molecular complexity index is 1140. The third kappa shape index (κ3) is 3.95. The van der Waals surface area contributed by atoms with Crippen molar-refractivity contribution in [2.24, 2.45) is 0 Å². The maximum atomic E-state index is 12.5. The first kappa shape index (κ1) is 18.7. The minimum atomic E-state index is 0.0269. The molecule has 0 aliphatic rings. The highest BCUT2D eigenvalue weighted by molar-refractivity contribution is 7.99. The summed E-state index contributed by atoms with van der Waals surface area (Å²) in [6.07, 6.45) is 2.74. The highest BCUT2D eigenvalue weighted by Gasteiger charge is 2.15. The third-order valence-electron chi connectivity index (χ3n) is 4.46. The topological polar surface area (TPSA) is 52.7 Å². The molecule has 0 amide bonds. The SMILES string of the molecule is C=CCSc1nnc(Cn2c(=O)sc3ccccc32)n1CCc1ccccc1. The molecule has 0 saturated heterocycles. The fourth-order valence-electron chi connectivity index (χ4n) is 3.09. The molecule has 28 heavy (non-hydrogen) atoms. The van der Waals surface area contributed by atoms with Gasteiger partial charge in [-0.3, -0.25) is 9.36 Å². The number of thiazole rings is 1. The van der Waals surface area contributed by atoms with Crippen molar-refractivity contribution in [2.45, 2.75) is 24.7 Å². The monoisotopic (exact) mass is 408 g/mol. The van der Waals surface area contributed by atoms with Gasteiger partial charge in [-0.15, -0.1) is 16.8 Å². The van der Waals surface area contributed by atoms with Crippen LogP contribution in [-0.2, 0) is 19.5 Å². The number of benzene rings is 2. The lowest BCUT2D eigenvalue weighted by atomic mass is 10.1. The zero-order chi connectivity index (χ0) is 19.3. The van der Waals surface area contributed by atoms with Crippen LogP contribution >= 0.6 is 23.1 Å². The number of hydrogen-bond acceptors (Lipinski definition) is 5. The standard InChI is InChI=1S/C21H20N4OS2/c1-2-14-27-20-23-22-19(24(20)13-12-16-8-4-3-5-9-16)15-25-17-10-6-7-11-18(17)28-21(25)26/h2-11H,1,12-15H2. The van der Waals surface area contributed by atoms with Crippen LogP contribution < -0.4 is 4.87 Å². The minimum Gasteiger partial charge on any atom is -0.304 e. The van der Waals surface area contributed by atoms with Gasteiger partial charge in [-0.25, -0.2) is 0 Å². The number of rotatable bonds is 8. The summed E-state index contributed by atoms with van der Waals surface area (Å²) in [5.41, 5.74) is 2.20. The van der Waals surface area contributed by atoms with Crippen molar-refractivity contribution in [1.82, 2.24) is 19.3 Å². The quantitative estimate of drug-likeness (QED) is 0.323. The zero-order valence-electron chi connectivity index (χ0n) is 15.3. The normalized spacial score (nSPS) is 11.1. The molecule has 0 radical (unpaired) electrons. The van der Waals surface area contributed by atoms with Gasteiger partial charge in [-0.05, 0) is 24.1 Å². The van der Waals surface area contributed by atoms with Crippen molar-refractivity contribution in [1.29, 1.82) is 0 Å². The van der Waals surface area contributed by atoms with Crippen molar-refractivity contribution in [3.8, 4) is 0 Å². The molecule has 2 heterocycles. The van der Waals surface area contributed by atoms with Crippen LogP contribution in [0.15, 0.2) is 77.2 Å². The van der Waals surface area contributed by atoms with Crippen LogP contribution in [0, 0.1) is 0 Å². The molecule has 2 aromatic heterocycles. The van der Waals surface area contributed by atoms with E-state index in [1.165, 1.54) is 16.9 Å². The van der Waals surface area contributed by atoms with Gasteiger partial charge in [0.25, 0.3) is 0 Å². The van der Waals surface area contributed by atoms with Crippen LogP contribution in [0.4, 0.5) is 0 Å². The summed E-state index contributed by atoms with van der Waals surface area (Å²) < 4.78 is 4.90. The van der Waals surface area contributed by atoms with Crippen molar-refractivity contribution in [3.05, 3.63) is 88.3 Å². The second-order valence-electron chi connectivity index (χ2n) is 6.31. The van der Waals surface area contributed by atoms with Crippen molar-refractivity contribution in [3.63, 3.8) is 0 Å². The van der Waals surface area contributed by atoms with Crippen molar-refractivity contribution in [2.75, 3.05) is 5.75 Å². The third-order valence-corrected chi connectivity index (χ3v) is 6.39. The van der Waals surface area contributed by atoms with E-state index in [1.807, 2.05) is 48.5 Å². The van der Waals surface area contributed by atoms with E-state index in [1.54, 1.807) is 16.3 Å². The second-order valence-corrected chi connectivity index (χ2v) is 8.29. The number of aryl methyl sites for hydroxylation is 1. The van der Waals surface area contributed by atoms with E-state index < -0.39 is 0 Å². The van der Waals surface area contributed by atoms with Gasteiger partial charge in [0.05, 0.1) is 16.8 Å². The Kier molecular flexibility index (Phi) is 5.73. The molecule has 0 spiro atoms. The average Bonchev–Trinajstić information content (AvgIpc) is 3.26. The average molecular weight is 409 g/mol. The second kappa shape index (κ2) is 8.58. The van der Waals surface area contributed by atoms with Gasteiger partial charge in [0, 0.05) is 12.3 Å². The Morgan fingerprint density at radius 3 is 2.64 bits per heavy atom. The molecule has 0 N–H and O–H groups in total. The predicted molar refractivity (Wildman–Crippen MR) is 116 cm³/mol. The van der Waals surface area contributed by atoms with Crippen molar-refractivity contribution >= 4 is 33.3 Å². The lowest BCUT2D eigenvalue weighted by Crippen LogP contribution is -2.18. The smallest absolute Gasteiger partial charge is 0.304 e. The molecule has 0 saturated carbocycles. The first-order valence-electron chi connectivity index (χ1n) is 9.04. The maximum Gasteiger partial charge on any atom is 0.308 e. The first-order valence-corrected chi connectivity index (χ1v) is 10.8. The molecule has 2 aromatic carbocycles. The molecule has 4 rings (SSSR count). The molecule has 0 fully saturated rings. The summed E-state index contributed by atoms with van der Waals surface area (Å²) in [5, 5.41) is 9.64. The van der Waals surface area contributed by atoms with Gasteiger partial charge in [0.1, 0.15) is 0 Å². The summed E-state index contributed by atoms with van der Waals surface area (Å²) in [6, 6.07) is 18.2. The molecule has 0 atom stereocenters. The Hall–Kier alpha value is -2.64. The lowest BCUT2D eigenvalue weighted by molar-refractivity contribution is 0.586. The summed E-state index contributed by atoms with van der Waals surface area (Å²) in [6.45, 7) is 4.97. The zero-order valence-corrected chi connectivity index (χ0v) is 17.0. The highest BCUT2D eigenvalue weighted by atomic mass is 32.2. The van der Waals surface area contributed by atoms with E-state index >= 15 is 0 Å². The first-order chi connectivity index (χ1) is 13.8. The lowest BCUT2D eigenvalue weighted by Gasteiger charge is -2.11. The van der Waals surface area contributed by atoms with Crippen LogP contribution in [0.25, 0.3) is 10.2 Å². The molecule has 0 bridgehead atoms. The van der Waals surface area contributed by atoms with E-state index in [2.05, 4.69) is 33.5 Å².